The van der Waals surface area contributed by atoms with Crippen LogP contribution < -0.4 is 15.8 Å². The van der Waals surface area contributed by atoms with Crippen LogP contribution in [0, 0.1) is 0 Å². The van der Waals surface area contributed by atoms with Gasteiger partial charge in [-0.25, -0.2) is 0 Å². The third-order valence-electron chi connectivity index (χ3n) is 2.07. The molecule has 1 rings (SSSR count). The third kappa shape index (κ3) is 4.20. The fourth-order valence-electron chi connectivity index (χ4n) is 1.20. The average molecular weight is 273 g/mol. The minimum absolute atomic E-state index is 0.0936. The number of benzene rings is 1. The summed E-state index contributed by atoms with van der Waals surface area (Å²) in [5, 5.41) is 3.03. The summed E-state index contributed by atoms with van der Waals surface area (Å²) in [6.45, 7) is 0.246. The van der Waals surface area contributed by atoms with Gasteiger partial charge < -0.3 is 15.8 Å². The van der Waals surface area contributed by atoms with Crippen LogP contribution in [0.4, 0.5) is 0 Å². The van der Waals surface area contributed by atoms with E-state index in [1.54, 1.807) is 25.2 Å². The first kappa shape index (κ1) is 13.7. The van der Waals surface area contributed by atoms with Crippen LogP contribution in [0.3, 0.4) is 0 Å². The predicted octanol–water partition coefficient (Wildman–Crippen LogP) is 1.49. The molecule has 4 nitrogen and oxygen atoms in total. The van der Waals surface area contributed by atoms with Crippen LogP contribution >= 0.6 is 23.8 Å². The van der Waals surface area contributed by atoms with Gasteiger partial charge in [-0.3, -0.25) is 4.79 Å². The molecule has 0 atom stereocenters. The number of halogens is 1. The van der Waals surface area contributed by atoms with Gasteiger partial charge in [-0.1, -0.05) is 23.8 Å². The molecule has 0 aliphatic rings. The van der Waals surface area contributed by atoms with Gasteiger partial charge in [-0.05, 0) is 18.2 Å². The van der Waals surface area contributed by atoms with Crippen molar-refractivity contribution in [1.29, 1.82) is 0 Å². The van der Waals surface area contributed by atoms with E-state index < -0.39 is 0 Å². The molecule has 1 aromatic rings. The van der Waals surface area contributed by atoms with Crippen LogP contribution in [-0.2, 0) is 4.79 Å². The Morgan fingerprint density at radius 2 is 2.29 bits per heavy atom. The summed E-state index contributed by atoms with van der Waals surface area (Å²) in [6, 6.07) is 5.00. The standard InChI is InChI=1S/C11H13ClN2O2S/c1-14-10(15)4-5-16-9-6-7(12)2-3-8(9)11(13)17/h2-3,6H,4-5H2,1H3,(H2,13,17)(H,14,15). The van der Waals surface area contributed by atoms with E-state index in [0.29, 0.717) is 16.3 Å². The molecule has 0 unspecified atom stereocenters. The summed E-state index contributed by atoms with van der Waals surface area (Å²) in [7, 11) is 1.57. The second kappa shape index (κ2) is 6.42. The molecule has 3 N–H and O–H groups in total. The molecule has 17 heavy (non-hydrogen) atoms. The molecule has 0 spiro atoms. The predicted molar refractivity (Wildman–Crippen MR) is 71.5 cm³/mol. The summed E-state index contributed by atoms with van der Waals surface area (Å²) in [5.41, 5.74) is 6.16. The quantitative estimate of drug-likeness (QED) is 0.797. The fourth-order valence-corrected chi connectivity index (χ4v) is 1.53. The highest BCUT2D eigenvalue weighted by Gasteiger charge is 2.08. The van der Waals surface area contributed by atoms with Crippen molar-refractivity contribution in [2.24, 2.45) is 5.73 Å². The minimum Gasteiger partial charge on any atom is -0.492 e. The van der Waals surface area contributed by atoms with Crippen molar-refractivity contribution in [2.75, 3.05) is 13.7 Å². The van der Waals surface area contributed by atoms with Gasteiger partial charge in [0.15, 0.2) is 0 Å². The number of ether oxygens (including phenoxy) is 1. The van der Waals surface area contributed by atoms with Gasteiger partial charge >= 0.3 is 0 Å². The number of nitrogens with one attached hydrogen (secondary N) is 1. The van der Waals surface area contributed by atoms with Gasteiger partial charge in [0, 0.05) is 12.1 Å². The molecule has 0 bridgehead atoms. The lowest BCUT2D eigenvalue weighted by atomic mass is 10.2. The van der Waals surface area contributed by atoms with Crippen molar-refractivity contribution >= 4 is 34.7 Å². The van der Waals surface area contributed by atoms with Crippen molar-refractivity contribution in [3.8, 4) is 5.75 Å². The molecular formula is C11H13ClN2O2S. The normalized spacial score (nSPS) is 9.76. The molecule has 1 amide bonds. The number of thiocarbonyl (C=S) groups is 1. The number of carbonyl (C=O) groups excluding carboxylic acids is 1. The van der Waals surface area contributed by atoms with Crippen LogP contribution in [0.1, 0.15) is 12.0 Å². The second-order valence-corrected chi connectivity index (χ2v) is 4.15. The summed E-state index contributed by atoms with van der Waals surface area (Å²) in [4.78, 5) is 11.3. The zero-order valence-electron chi connectivity index (χ0n) is 9.33. The molecular weight excluding hydrogens is 260 g/mol. The van der Waals surface area contributed by atoms with E-state index in [9.17, 15) is 4.79 Å². The number of amides is 1. The Morgan fingerprint density at radius 1 is 1.59 bits per heavy atom. The smallest absolute Gasteiger partial charge is 0.223 e. The molecule has 0 fully saturated rings. The van der Waals surface area contributed by atoms with E-state index in [1.807, 2.05) is 0 Å². The lowest BCUT2D eigenvalue weighted by molar-refractivity contribution is -0.121. The maximum absolute atomic E-state index is 11.0. The topological polar surface area (TPSA) is 64.3 Å². The van der Waals surface area contributed by atoms with E-state index in [4.69, 9.17) is 34.3 Å². The highest BCUT2D eigenvalue weighted by molar-refractivity contribution is 7.80. The van der Waals surface area contributed by atoms with E-state index >= 15 is 0 Å². The number of carbonyl (C=O) groups is 1. The van der Waals surface area contributed by atoms with E-state index in [-0.39, 0.29) is 23.9 Å². The molecule has 0 aliphatic carbocycles. The Kier molecular flexibility index (Phi) is 5.18. The van der Waals surface area contributed by atoms with Crippen molar-refractivity contribution in [3.05, 3.63) is 28.8 Å². The first-order valence-electron chi connectivity index (χ1n) is 4.97. The number of hydrogen-bond acceptors (Lipinski definition) is 3. The van der Waals surface area contributed by atoms with Gasteiger partial charge in [0.25, 0.3) is 0 Å². The molecule has 1 aromatic carbocycles. The van der Waals surface area contributed by atoms with Crippen LogP contribution in [0.15, 0.2) is 18.2 Å². The maximum atomic E-state index is 11.0. The fraction of sp³-hybridized carbons (Fsp3) is 0.273. The van der Waals surface area contributed by atoms with E-state index in [0.717, 1.165) is 0 Å². The van der Waals surface area contributed by atoms with Gasteiger partial charge in [0.1, 0.15) is 10.7 Å². The molecule has 0 radical (unpaired) electrons. The molecule has 0 aromatic heterocycles. The first-order chi connectivity index (χ1) is 8.04. The molecule has 0 saturated carbocycles. The van der Waals surface area contributed by atoms with Crippen LogP contribution in [0.25, 0.3) is 0 Å². The van der Waals surface area contributed by atoms with Crippen molar-refractivity contribution < 1.29 is 9.53 Å². The van der Waals surface area contributed by atoms with Crippen LogP contribution in [-0.4, -0.2) is 24.6 Å². The Bertz CT molecular complexity index is 437. The van der Waals surface area contributed by atoms with Crippen molar-refractivity contribution in [1.82, 2.24) is 5.32 Å². The lowest BCUT2D eigenvalue weighted by Gasteiger charge is -2.10. The van der Waals surface area contributed by atoms with Crippen molar-refractivity contribution in [3.63, 3.8) is 0 Å². The zero-order chi connectivity index (χ0) is 12.8. The number of nitrogens with two attached hydrogens (primary N) is 1. The van der Waals surface area contributed by atoms with Gasteiger partial charge in [0.05, 0.1) is 18.6 Å². The van der Waals surface area contributed by atoms with Crippen LogP contribution in [0.2, 0.25) is 5.02 Å². The summed E-state index contributed by atoms with van der Waals surface area (Å²) < 4.78 is 5.44. The van der Waals surface area contributed by atoms with Crippen LogP contribution in [0.5, 0.6) is 5.75 Å². The summed E-state index contributed by atoms with van der Waals surface area (Å²) >= 11 is 10.7. The lowest BCUT2D eigenvalue weighted by Crippen LogP contribution is -2.20. The molecule has 92 valence electrons. The molecule has 0 aliphatic heterocycles. The Balaban J connectivity index is 2.72. The highest BCUT2D eigenvalue weighted by Crippen LogP contribution is 2.23. The summed E-state index contributed by atoms with van der Waals surface area (Å²) in [5.74, 6) is 0.401. The zero-order valence-corrected chi connectivity index (χ0v) is 10.9. The van der Waals surface area contributed by atoms with Gasteiger partial charge in [0.2, 0.25) is 5.91 Å². The van der Waals surface area contributed by atoms with E-state index in [2.05, 4.69) is 5.32 Å². The van der Waals surface area contributed by atoms with Crippen molar-refractivity contribution in [2.45, 2.75) is 6.42 Å². The number of rotatable bonds is 5. The van der Waals surface area contributed by atoms with Gasteiger partial charge in [-0.2, -0.15) is 0 Å². The Hall–Kier alpha value is -1.33. The molecule has 0 saturated heterocycles. The molecule has 6 heteroatoms. The first-order valence-corrected chi connectivity index (χ1v) is 5.76. The second-order valence-electron chi connectivity index (χ2n) is 3.28. The van der Waals surface area contributed by atoms with Gasteiger partial charge in [-0.15, -0.1) is 0 Å². The maximum Gasteiger partial charge on any atom is 0.223 e. The summed E-state index contributed by atoms with van der Waals surface area (Å²) in [6.07, 6.45) is 0.264. The SMILES string of the molecule is CNC(=O)CCOc1cc(Cl)ccc1C(N)=S. The number of hydrogen-bond donors (Lipinski definition) is 2. The Morgan fingerprint density at radius 3 is 2.88 bits per heavy atom. The average Bonchev–Trinajstić information content (AvgIpc) is 2.28. The largest absolute Gasteiger partial charge is 0.492 e. The monoisotopic (exact) mass is 272 g/mol. The minimum atomic E-state index is -0.0936. The highest BCUT2D eigenvalue weighted by atomic mass is 35.5. The molecule has 0 heterocycles. The Labute approximate surface area is 110 Å². The third-order valence-corrected chi connectivity index (χ3v) is 2.53. The van der Waals surface area contributed by atoms with E-state index in [1.165, 1.54) is 0 Å².